The Kier molecular flexibility index (Phi) is 5.30. The number of benzene rings is 1. The summed E-state index contributed by atoms with van der Waals surface area (Å²) in [7, 11) is -2.04. The molecule has 1 aromatic rings. The largest absolute Gasteiger partial charge is 0.496 e. The summed E-state index contributed by atoms with van der Waals surface area (Å²) in [5, 5.41) is 2.61. The number of hydrogen-bond donors (Lipinski definition) is 2. The topological polar surface area (TPSA) is 102 Å². The zero-order chi connectivity index (χ0) is 16.3. The molecule has 122 valence electrons. The summed E-state index contributed by atoms with van der Waals surface area (Å²) in [6, 6.07) is 4.00. The predicted molar refractivity (Wildman–Crippen MR) is 85.2 cm³/mol. The third-order valence-corrected chi connectivity index (χ3v) is 6.08. The summed E-state index contributed by atoms with van der Waals surface area (Å²) in [4.78, 5) is 11.0. The first-order valence-corrected chi connectivity index (χ1v) is 8.97. The number of ether oxygens (including phenoxy) is 1. The van der Waals surface area contributed by atoms with Crippen molar-refractivity contribution in [1.82, 2.24) is 9.62 Å². The smallest absolute Gasteiger partial charge is 0.312 e. The molecular weight excluding hydrogens is 374 g/mol. The maximum Gasteiger partial charge on any atom is 0.312 e. The van der Waals surface area contributed by atoms with Crippen molar-refractivity contribution in [2.75, 3.05) is 20.2 Å². The number of amides is 2. The van der Waals surface area contributed by atoms with E-state index in [2.05, 4.69) is 21.2 Å². The average molecular weight is 392 g/mol. The molecule has 9 heteroatoms. The first kappa shape index (κ1) is 17.0. The van der Waals surface area contributed by atoms with Crippen LogP contribution in [0.2, 0.25) is 0 Å². The maximum atomic E-state index is 12.6. The fraction of sp³-hybridized carbons (Fsp3) is 0.462. The second-order valence-corrected chi connectivity index (χ2v) is 7.78. The van der Waals surface area contributed by atoms with Crippen LogP contribution in [-0.4, -0.2) is 45.0 Å². The molecule has 1 aromatic carbocycles. The van der Waals surface area contributed by atoms with E-state index in [4.69, 9.17) is 10.5 Å². The number of nitrogens with zero attached hydrogens (tertiary/aromatic N) is 1. The van der Waals surface area contributed by atoms with E-state index in [0.29, 0.717) is 36.2 Å². The lowest BCUT2D eigenvalue weighted by Crippen LogP contribution is -2.47. The molecule has 2 rings (SSSR count). The highest BCUT2D eigenvalue weighted by Crippen LogP contribution is 2.29. The Morgan fingerprint density at radius 1 is 1.41 bits per heavy atom. The average Bonchev–Trinajstić information content (AvgIpc) is 2.47. The molecule has 7 nitrogen and oxygen atoms in total. The third kappa shape index (κ3) is 3.71. The molecule has 0 saturated carbocycles. The van der Waals surface area contributed by atoms with Gasteiger partial charge in [0, 0.05) is 19.1 Å². The van der Waals surface area contributed by atoms with Crippen LogP contribution in [0.1, 0.15) is 12.8 Å². The molecule has 22 heavy (non-hydrogen) atoms. The minimum absolute atomic E-state index is 0.0773. The van der Waals surface area contributed by atoms with Gasteiger partial charge in [-0.3, -0.25) is 0 Å². The number of nitrogens with one attached hydrogen (secondary N) is 1. The quantitative estimate of drug-likeness (QED) is 0.806. The lowest BCUT2D eigenvalue weighted by atomic mass is 10.1. The summed E-state index contributed by atoms with van der Waals surface area (Å²) in [5.41, 5.74) is 5.08. The molecule has 0 radical (unpaired) electrons. The highest BCUT2D eigenvalue weighted by atomic mass is 79.9. The number of hydrogen-bond acceptors (Lipinski definition) is 4. The maximum absolute atomic E-state index is 12.6. The van der Waals surface area contributed by atoms with Crippen molar-refractivity contribution >= 4 is 32.0 Å². The zero-order valence-electron chi connectivity index (χ0n) is 12.1. The number of urea groups is 1. The van der Waals surface area contributed by atoms with Crippen LogP contribution in [0.25, 0.3) is 0 Å². The van der Waals surface area contributed by atoms with Crippen LogP contribution in [0.5, 0.6) is 5.75 Å². The Hall–Kier alpha value is -1.32. The van der Waals surface area contributed by atoms with Gasteiger partial charge < -0.3 is 15.8 Å². The van der Waals surface area contributed by atoms with Crippen LogP contribution in [-0.2, 0) is 10.0 Å². The minimum Gasteiger partial charge on any atom is -0.496 e. The first-order valence-electron chi connectivity index (χ1n) is 6.74. The van der Waals surface area contributed by atoms with Crippen LogP contribution in [0.15, 0.2) is 27.6 Å². The van der Waals surface area contributed by atoms with Gasteiger partial charge in [0.15, 0.2) is 0 Å². The number of primary amides is 1. The summed E-state index contributed by atoms with van der Waals surface area (Å²) >= 11 is 3.29. The van der Waals surface area contributed by atoms with Gasteiger partial charge in [0.2, 0.25) is 10.0 Å². The Bertz CT molecular complexity index is 657. The van der Waals surface area contributed by atoms with Gasteiger partial charge in [0.05, 0.1) is 16.5 Å². The molecule has 0 aromatic heterocycles. The molecule has 0 bridgehead atoms. The summed E-state index contributed by atoms with van der Waals surface area (Å²) in [5.74, 6) is 0.573. The number of carbonyl (C=O) groups excluding carboxylic acids is 1. The third-order valence-electron chi connectivity index (χ3n) is 3.56. The van der Waals surface area contributed by atoms with Gasteiger partial charge >= 0.3 is 6.03 Å². The van der Waals surface area contributed by atoms with E-state index in [1.54, 1.807) is 6.07 Å². The van der Waals surface area contributed by atoms with Crippen LogP contribution >= 0.6 is 15.9 Å². The highest BCUT2D eigenvalue weighted by molar-refractivity contribution is 9.10. The van der Waals surface area contributed by atoms with Gasteiger partial charge in [0.25, 0.3) is 0 Å². The normalized spacial score (nSPS) is 17.2. The van der Waals surface area contributed by atoms with Crippen LogP contribution in [0.4, 0.5) is 4.79 Å². The first-order chi connectivity index (χ1) is 10.3. The number of carbonyl (C=O) groups is 1. The molecular formula is C13H18BrN3O4S. The summed E-state index contributed by atoms with van der Waals surface area (Å²) in [6.07, 6.45) is 1.08. The van der Waals surface area contributed by atoms with Gasteiger partial charge in [0.1, 0.15) is 5.75 Å². The molecule has 0 aliphatic carbocycles. The van der Waals surface area contributed by atoms with Crippen molar-refractivity contribution in [2.24, 2.45) is 5.73 Å². The standard InChI is InChI=1S/C13H18BrN3O4S/c1-21-12-3-2-10(8-11(12)14)22(19,20)17-6-4-9(5-7-17)16-13(15)18/h2-3,8-9H,4-7H2,1H3,(H3,15,16,18). The minimum atomic E-state index is -3.56. The van der Waals surface area contributed by atoms with Crippen LogP contribution in [0.3, 0.4) is 0 Å². The van der Waals surface area contributed by atoms with Crippen molar-refractivity contribution in [1.29, 1.82) is 0 Å². The Morgan fingerprint density at radius 2 is 2.05 bits per heavy atom. The van der Waals surface area contributed by atoms with E-state index >= 15 is 0 Å². The second-order valence-electron chi connectivity index (χ2n) is 4.98. The van der Waals surface area contributed by atoms with E-state index in [0.717, 1.165) is 0 Å². The Balaban J connectivity index is 2.11. The summed E-state index contributed by atoms with van der Waals surface area (Å²) < 4.78 is 32.3. The van der Waals surface area contributed by atoms with Gasteiger partial charge in [-0.1, -0.05) is 0 Å². The molecule has 1 saturated heterocycles. The predicted octanol–water partition coefficient (Wildman–Crippen LogP) is 1.28. The lowest BCUT2D eigenvalue weighted by molar-refractivity contribution is 0.235. The molecule has 3 N–H and O–H groups in total. The van der Waals surface area contributed by atoms with Crippen molar-refractivity contribution in [3.63, 3.8) is 0 Å². The number of piperidine rings is 1. The Labute approximate surface area is 138 Å². The van der Waals surface area contributed by atoms with Crippen molar-refractivity contribution in [2.45, 2.75) is 23.8 Å². The molecule has 1 fully saturated rings. The van der Waals surface area contributed by atoms with Crippen molar-refractivity contribution < 1.29 is 17.9 Å². The van der Waals surface area contributed by atoms with E-state index in [1.807, 2.05) is 0 Å². The molecule has 1 aliphatic heterocycles. The number of rotatable bonds is 4. The van der Waals surface area contributed by atoms with Gasteiger partial charge in [-0.15, -0.1) is 0 Å². The van der Waals surface area contributed by atoms with Gasteiger partial charge in [-0.2, -0.15) is 4.31 Å². The number of nitrogens with two attached hydrogens (primary N) is 1. The second kappa shape index (κ2) is 6.84. The van der Waals surface area contributed by atoms with E-state index < -0.39 is 16.1 Å². The van der Waals surface area contributed by atoms with E-state index in [9.17, 15) is 13.2 Å². The van der Waals surface area contributed by atoms with Crippen molar-refractivity contribution in [3.8, 4) is 5.75 Å². The molecule has 1 heterocycles. The lowest BCUT2D eigenvalue weighted by Gasteiger charge is -2.31. The monoisotopic (exact) mass is 391 g/mol. The zero-order valence-corrected chi connectivity index (χ0v) is 14.5. The Morgan fingerprint density at radius 3 is 2.55 bits per heavy atom. The molecule has 0 spiro atoms. The van der Waals surface area contributed by atoms with Gasteiger partial charge in [-0.05, 0) is 47.0 Å². The number of methoxy groups -OCH3 is 1. The number of sulfonamides is 1. The molecule has 1 aliphatic rings. The van der Waals surface area contributed by atoms with Crippen molar-refractivity contribution in [3.05, 3.63) is 22.7 Å². The van der Waals surface area contributed by atoms with Crippen LogP contribution in [0, 0.1) is 0 Å². The van der Waals surface area contributed by atoms with E-state index in [1.165, 1.54) is 23.5 Å². The fourth-order valence-corrected chi connectivity index (χ4v) is 4.59. The van der Waals surface area contributed by atoms with Gasteiger partial charge in [-0.25, -0.2) is 13.2 Å². The van der Waals surface area contributed by atoms with E-state index in [-0.39, 0.29) is 10.9 Å². The molecule has 2 amide bonds. The SMILES string of the molecule is COc1ccc(S(=O)(=O)N2CCC(NC(N)=O)CC2)cc1Br. The molecule has 0 unspecified atom stereocenters. The van der Waals surface area contributed by atoms with Crippen LogP contribution < -0.4 is 15.8 Å². The summed E-state index contributed by atoms with van der Waals surface area (Å²) in [6.45, 7) is 0.688. The number of halogens is 1. The molecule has 0 atom stereocenters. The fourth-order valence-electron chi connectivity index (χ4n) is 2.40. The highest BCUT2D eigenvalue weighted by Gasteiger charge is 2.30.